The van der Waals surface area contributed by atoms with Gasteiger partial charge in [-0.3, -0.25) is 0 Å². The van der Waals surface area contributed by atoms with Gasteiger partial charge in [-0.05, 0) is 24.1 Å². The van der Waals surface area contributed by atoms with Crippen LogP contribution in [0.5, 0.6) is 5.75 Å². The maximum atomic E-state index is 13.4. The van der Waals surface area contributed by atoms with Crippen molar-refractivity contribution in [1.29, 1.82) is 0 Å². The zero-order chi connectivity index (χ0) is 12.5. The fraction of sp³-hybridized carbons (Fsp3) is 0.462. The Kier molecular flexibility index (Phi) is 6.07. The van der Waals surface area contributed by atoms with Crippen molar-refractivity contribution in [1.82, 2.24) is 0 Å². The molecule has 17 heavy (non-hydrogen) atoms. The van der Waals surface area contributed by atoms with Crippen LogP contribution in [0.4, 0.5) is 4.39 Å². The van der Waals surface area contributed by atoms with E-state index < -0.39 is 0 Å². The van der Waals surface area contributed by atoms with Crippen molar-refractivity contribution in [2.24, 2.45) is 10.9 Å². The van der Waals surface area contributed by atoms with Crippen molar-refractivity contribution in [3.05, 3.63) is 29.6 Å². The second-order valence-corrected chi connectivity index (χ2v) is 3.88. The highest BCUT2D eigenvalue weighted by Crippen LogP contribution is 2.18. The summed E-state index contributed by atoms with van der Waals surface area (Å²) in [5, 5.41) is 3.39. The van der Waals surface area contributed by atoms with Crippen LogP contribution in [0.25, 0.3) is 0 Å². The van der Waals surface area contributed by atoms with Crippen molar-refractivity contribution in [2.45, 2.75) is 32.6 Å². The standard InChI is InChI=1S/C13H19FN2O/c1-2-3-4-5-8-17-13-9-11(10-16-15)6-7-12(13)14/h6-7,9-10H,2-5,8,15H2,1H3. The summed E-state index contributed by atoms with van der Waals surface area (Å²) in [7, 11) is 0. The van der Waals surface area contributed by atoms with Crippen LogP contribution in [0.2, 0.25) is 0 Å². The van der Waals surface area contributed by atoms with E-state index in [1.807, 2.05) is 0 Å². The van der Waals surface area contributed by atoms with E-state index in [1.54, 1.807) is 12.1 Å². The second kappa shape index (κ2) is 7.65. The highest BCUT2D eigenvalue weighted by molar-refractivity contribution is 5.79. The Labute approximate surface area is 101 Å². The fourth-order valence-corrected chi connectivity index (χ4v) is 1.51. The van der Waals surface area contributed by atoms with Gasteiger partial charge in [0.05, 0.1) is 12.8 Å². The topological polar surface area (TPSA) is 47.6 Å². The number of nitrogens with two attached hydrogens (primary N) is 1. The molecule has 1 aromatic rings. The highest BCUT2D eigenvalue weighted by Gasteiger charge is 2.03. The molecule has 0 fully saturated rings. The first-order chi connectivity index (χ1) is 8.27. The van der Waals surface area contributed by atoms with Gasteiger partial charge in [-0.15, -0.1) is 0 Å². The molecular weight excluding hydrogens is 219 g/mol. The third-order valence-electron chi connectivity index (χ3n) is 2.43. The molecule has 0 radical (unpaired) electrons. The first kappa shape index (κ1) is 13.5. The summed E-state index contributed by atoms with van der Waals surface area (Å²) in [4.78, 5) is 0. The number of unbranched alkanes of at least 4 members (excludes halogenated alkanes) is 3. The maximum absolute atomic E-state index is 13.4. The third-order valence-corrected chi connectivity index (χ3v) is 2.43. The monoisotopic (exact) mass is 238 g/mol. The molecule has 0 heterocycles. The van der Waals surface area contributed by atoms with Crippen LogP contribution in [-0.2, 0) is 0 Å². The molecule has 1 rings (SSSR count). The van der Waals surface area contributed by atoms with Crippen LogP contribution in [0.15, 0.2) is 23.3 Å². The molecule has 0 atom stereocenters. The zero-order valence-electron chi connectivity index (χ0n) is 10.2. The van der Waals surface area contributed by atoms with E-state index in [9.17, 15) is 4.39 Å². The van der Waals surface area contributed by atoms with Crippen LogP contribution in [0, 0.1) is 5.82 Å². The quantitative estimate of drug-likeness (QED) is 0.343. The number of halogens is 1. The van der Waals surface area contributed by atoms with Gasteiger partial charge < -0.3 is 10.6 Å². The third kappa shape index (κ3) is 4.85. The van der Waals surface area contributed by atoms with Crippen molar-refractivity contribution >= 4 is 6.21 Å². The largest absolute Gasteiger partial charge is 0.490 e. The minimum Gasteiger partial charge on any atom is -0.490 e. The van der Waals surface area contributed by atoms with Crippen molar-refractivity contribution in [3.63, 3.8) is 0 Å². The Hall–Kier alpha value is -1.58. The summed E-state index contributed by atoms with van der Waals surface area (Å²) in [6.07, 6.45) is 5.89. The van der Waals surface area contributed by atoms with E-state index in [-0.39, 0.29) is 11.6 Å². The predicted octanol–water partition coefficient (Wildman–Crippen LogP) is 3.08. The predicted molar refractivity (Wildman–Crippen MR) is 67.8 cm³/mol. The minimum atomic E-state index is -0.352. The van der Waals surface area contributed by atoms with Gasteiger partial charge in [0.15, 0.2) is 11.6 Å². The lowest BCUT2D eigenvalue weighted by atomic mass is 10.2. The highest BCUT2D eigenvalue weighted by atomic mass is 19.1. The molecule has 0 aromatic heterocycles. The van der Waals surface area contributed by atoms with Crippen LogP contribution < -0.4 is 10.6 Å². The van der Waals surface area contributed by atoms with E-state index in [2.05, 4.69) is 12.0 Å². The average molecular weight is 238 g/mol. The lowest BCUT2D eigenvalue weighted by Gasteiger charge is -2.07. The van der Waals surface area contributed by atoms with Gasteiger partial charge >= 0.3 is 0 Å². The number of rotatable bonds is 7. The molecule has 2 N–H and O–H groups in total. The average Bonchev–Trinajstić information content (AvgIpc) is 2.33. The van der Waals surface area contributed by atoms with Crippen molar-refractivity contribution in [3.8, 4) is 5.75 Å². The Morgan fingerprint density at radius 1 is 1.35 bits per heavy atom. The van der Waals surface area contributed by atoms with E-state index in [0.717, 1.165) is 18.4 Å². The zero-order valence-corrected chi connectivity index (χ0v) is 10.2. The number of hydrogen-bond donors (Lipinski definition) is 1. The van der Waals surface area contributed by atoms with Crippen molar-refractivity contribution < 1.29 is 9.13 Å². The second-order valence-electron chi connectivity index (χ2n) is 3.88. The molecule has 0 amide bonds. The van der Waals surface area contributed by atoms with Gasteiger partial charge in [-0.25, -0.2) is 4.39 Å². The molecule has 0 saturated heterocycles. The van der Waals surface area contributed by atoms with Gasteiger partial charge in [0.2, 0.25) is 0 Å². The molecule has 3 nitrogen and oxygen atoms in total. The van der Waals surface area contributed by atoms with Crippen molar-refractivity contribution in [2.75, 3.05) is 6.61 Å². The summed E-state index contributed by atoms with van der Waals surface area (Å²) in [5.74, 6) is 4.95. The summed E-state index contributed by atoms with van der Waals surface area (Å²) in [6.45, 7) is 2.69. The van der Waals surface area contributed by atoms with E-state index in [1.165, 1.54) is 25.1 Å². The molecule has 0 saturated carbocycles. The Morgan fingerprint density at radius 3 is 2.88 bits per heavy atom. The van der Waals surface area contributed by atoms with Crippen LogP contribution in [0.1, 0.15) is 38.2 Å². The van der Waals surface area contributed by atoms with Crippen LogP contribution >= 0.6 is 0 Å². The Bertz CT molecular complexity index is 366. The fourth-order valence-electron chi connectivity index (χ4n) is 1.51. The number of ether oxygens (including phenoxy) is 1. The number of nitrogens with zero attached hydrogens (tertiary/aromatic N) is 1. The molecule has 0 aliphatic heterocycles. The van der Waals surface area contributed by atoms with E-state index >= 15 is 0 Å². The minimum absolute atomic E-state index is 0.263. The molecule has 0 unspecified atom stereocenters. The first-order valence-electron chi connectivity index (χ1n) is 5.93. The number of hydrogen-bond acceptors (Lipinski definition) is 3. The maximum Gasteiger partial charge on any atom is 0.165 e. The van der Waals surface area contributed by atoms with Gasteiger partial charge in [0.25, 0.3) is 0 Å². The smallest absolute Gasteiger partial charge is 0.165 e. The van der Waals surface area contributed by atoms with Crippen LogP contribution in [-0.4, -0.2) is 12.8 Å². The van der Waals surface area contributed by atoms with E-state index in [0.29, 0.717) is 6.61 Å². The summed E-state index contributed by atoms with van der Waals surface area (Å²) < 4.78 is 18.8. The SMILES string of the molecule is CCCCCCOc1cc(C=NN)ccc1F. The lowest BCUT2D eigenvalue weighted by Crippen LogP contribution is -2.00. The molecule has 1 aromatic carbocycles. The molecule has 94 valence electrons. The van der Waals surface area contributed by atoms with E-state index in [4.69, 9.17) is 10.6 Å². The van der Waals surface area contributed by atoms with Gasteiger partial charge in [0, 0.05) is 0 Å². The summed E-state index contributed by atoms with van der Waals surface area (Å²) >= 11 is 0. The van der Waals surface area contributed by atoms with Gasteiger partial charge in [-0.2, -0.15) is 5.10 Å². The van der Waals surface area contributed by atoms with Gasteiger partial charge in [0.1, 0.15) is 0 Å². The number of benzene rings is 1. The lowest BCUT2D eigenvalue weighted by molar-refractivity contribution is 0.290. The Balaban J connectivity index is 2.48. The molecule has 0 aliphatic rings. The number of hydrazone groups is 1. The molecule has 4 heteroatoms. The molecule has 0 spiro atoms. The Morgan fingerprint density at radius 2 is 2.18 bits per heavy atom. The van der Waals surface area contributed by atoms with Crippen LogP contribution in [0.3, 0.4) is 0 Å². The molecular formula is C13H19FN2O. The normalized spacial score (nSPS) is 10.9. The molecule has 0 aliphatic carbocycles. The summed E-state index contributed by atoms with van der Waals surface area (Å²) in [5.41, 5.74) is 0.734. The summed E-state index contributed by atoms with van der Waals surface area (Å²) in [6, 6.07) is 4.57. The first-order valence-corrected chi connectivity index (χ1v) is 5.93. The molecule has 0 bridgehead atoms. The van der Waals surface area contributed by atoms with Gasteiger partial charge in [-0.1, -0.05) is 32.3 Å².